The fraction of sp³-hybridized carbons (Fsp3) is 0.167. The zero-order chi connectivity index (χ0) is 18.5. The zero-order valence-corrected chi connectivity index (χ0v) is 14.9. The van der Waals surface area contributed by atoms with Gasteiger partial charge in [-0.2, -0.15) is 4.98 Å². The van der Waals surface area contributed by atoms with Gasteiger partial charge in [0, 0.05) is 5.56 Å². The smallest absolute Gasteiger partial charge is 0.259 e. The quantitative estimate of drug-likeness (QED) is 0.713. The topological polar surface area (TPSA) is 86.5 Å². The average Bonchev–Trinajstić information content (AvgIpc) is 3.14. The number of hydrogen-bond donors (Lipinski definition) is 1. The molecule has 8 heteroatoms. The van der Waals surface area contributed by atoms with Crippen LogP contribution in [0.5, 0.6) is 11.5 Å². The van der Waals surface area contributed by atoms with Crippen LogP contribution < -0.4 is 14.8 Å². The molecule has 0 spiro atoms. The summed E-state index contributed by atoms with van der Waals surface area (Å²) in [5.74, 6) is 1.04. The fourth-order valence-corrected chi connectivity index (χ4v) is 2.62. The molecule has 7 nitrogen and oxygen atoms in total. The first kappa shape index (κ1) is 17.8. The summed E-state index contributed by atoms with van der Waals surface area (Å²) in [6.45, 7) is 0.0531. The van der Waals surface area contributed by atoms with E-state index in [1.165, 1.54) is 14.2 Å². The second-order valence-corrected chi connectivity index (χ2v) is 5.62. The van der Waals surface area contributed by atoms with Gasteiger partial charge in [0.2, 0.25) is 11.7 Å². The highest BCUT2D eigenvalue weighted by Gasteiger charge is 2.19. The summed E-state index contributed by atoms with van der Waals surface area (Å²) in [4.78, 5) is 16.8. The van der Waals surface area contributed by atoms with E-state index < -0.39 is 0 Å². The Hall–Kier alpha value is -3.06. The second-order valence-electron chi connectivity index (χ2n) is 5.21. The molecular weight excluding hydrogens is 358 g/mol. The van der Waals surface area contributed by atoms with Crippen LogP contribution in [-0.4, -0.2) is 30.3 Å². The number of methoxy groups -OCH3 is 2. The molecule has 0 atom stereocenters. The van der Waals surface area contributed by atoms with Crippen LogP contribution >= 0.6 is 11.6 Å². The first-order valence-electron chi connectivity index (χ1n) is 7.70. The number of benzene rings is 2. The molecule has 0 fully saturated rings. The Morgan fingerprint density at radius 2 is 1.81 bits per heavy atom. The second kappa shape index (κ2) is 7.88. The molecule has 0 saturated heterocycles. The first-order chi connectivity index (χ1) is 12.6. The summed E-state index contributed by atoms with van der Waals surface area (Å²) < 4.78 is 15.6. The summed E-state index contributed by atoms with van der Waals surface area (Å²) in [5.41, 5.74) is 0.949. The lowest BCUT2D eigenvalue weighted by Gasteiger charge is -2.12. The Kier molecular flexibility index (Phi) is 5.38. The van der Waals surface area contributed by atoms with E-state index in [0.717, 1.165) is 0 Å². The molecule has 3 aromatic rings. The average molecular weight is 374 g/mol. The van der Waals surface area contributed by atoms with E-state index in [9.17, 15) is 4.79 Å². The molecule has 134 valence electrons. The van der Waals surface area contributed by atoms with Gasteiger partial charge in [0.15, 0.2) is 0 Å². The number of amides is 1. The summed E-state index contributed by atoms with van der Waals surface area (Å²) >= 11 is 6.12. The van der Waals surface area contributed by atoms with Crippen LogP contribution in [0.3, 0.4) is 0 Å². The minimum atomic E-state index is -0.378. The van der Waals surface area contributed by atoms with Crippen molar-refractivity contribution in [1.29, 1.82) is 0 Å². The van der Waals surface area contributed by atoms with Crippen molar-refractivity contribution >= 4 is 17.5 Å². The van der Waals surface area contributed by atoms with Gasteiger partial charge >= 0.3 is 0 Å². The molecule has 1 aromatic heterocycles. The van der Waals surface area contributed by atoms with Gasteiger partial charge in [-0.25, -0.2) is 0 Å². The Morgan fingerprint density at radius 3 is 2.46 bits per heavy atom. The molecule has 26 heavy (non-hydrogen) atoms. The van der Waals surface area contributed by atoms with Crippen molar-refractivity contribution in [3.63, 3.8) is 0 Å². The third-order valence-corrected chi connectivity index (χ3v) is 3.97. The van der Waals surface area contributed by atoms with Crippen LogP contribution in [0, 0.1) is 0 Å². The van der Waals surface area contributed by atoms with Gasteiger partial charge in [-0.15, -0.1) is 0 Å². The number of carbonyl (C=O) groups is 1. The van der Waals surface area contributed by atoms with E-state index in [4.69, 9.17) is 25.6 Å². The summed E-state index contributed by atoms with van der Waals surface area (Å²) in [7, 11) is 2.97. The molecular formula is C18H16ClN3O4. The zero-order valence-electron chi connectivity index (χ0n) is 14.2. The lowest BCUT2D eigenvalue weighted by atomic mass is 10.1. The van der Waals surface area contributed by atoms with Gasteiger partial charge in [-0.05, 0) is 24.3 Å². The van der Waals surface area contributed by atoms with E-state index in [2.05, 4.69) is 15.5 Å². The van der Waals surface area contributed by atoms with Crippen molar-refractivity contribution in [3.05, 3.63) is 58.9 Å². The normalized spacial score (nSPS) is 10.4. The SMILES string of the molecule is COc1cccc(OC)c1C(=O)NCc1nc(-c2ccccc2Cl)no1. The largest absolute Gasteiger partial charge is 0.496 e. The fourth-order valence-electron chi connectivity index (χ4n) is 2.40. The van der Waals surface area contributed by atoms with Gasteiger partial charge in [0.05, 0.1) is 25.8 Å². The van der Waals surface area contributed by atoms with Crippen LogP contribution in [0.1, 0.15) is 16.2 Å². The Labute approximate surface area is 154 Å². The number of rotatable bonds is 6. The van der Waals surface area contributed by atoms with Crippen molar-refractivity contribution in [3.8, 4) is 22.9 Å². The molecule has 0 bridgehead atoms. The van der Waals surface area contributed by atoms with Crippen LogP contribution in [0.4, 0.5) is 0 Å². The molecule has 1 amide bonds. The van der Waals surface area contributed by atoms with Crippen molar-refractivity contribution < 1.29 is 18.8 Å². The number of ether oxygens (including phenoxy) is 2. The van der Waals surface area contributed by atoms with Gasteiger partial charge in [0.25, 0.3) is 5.91 Å². The molecule has 3 rings (SSSR count). The number of halogens is 1. The van der Waals surface area contributed by atoms with E-state index in [1.54, 1.807) is 30.3 Å². The highest BCUT2D eigenvalue weighted by atomic mass is 35.5. The monoisotopic (exact) mass is 373 g/mol. The van der Waals surface area contributed by atoms with Crippen LogP contribution in [0.25, 0.3) is 11.4 Å². The molecule has 0 aliphatic rings. The lowest BCUT2D eigenvalue weighted by molar-refractivity contribution is 0.0940. The van der Waals surface area contributed by atoms with Crippen molar-refractivity contribution in [1.82, 2.24) is 15.5 Å². The van der Waals surface area contributed by atoms with Crippen LogP contribution in [0.15, 0.2) is 47.0 Å². The number of hydrogen-bond acceptors (Lipinski definition) is 6. The van der Waals surface area contributed by atoms with Crippen molar-refractivity contribution in [2.45, 2.75) is 6.54 Å². The highest BCUT2D eigenvalue weighted by Crippen LogP contribution is 2.28. The molecule has 0 aliphatic heterocycles. The van der Waals surface area contributed by atoms with Crippen LogP contribution in [-0.2, 0) is 6.54 Å². The molecule has 1 N–H and O–H groups in total. The van der Waals surface area contributed by atoms with Gasteiger partial charge < -0.3 is 19.3 Å². The third-order valence-electron chi connectivity index (χ3n) is 3.64. The maximum atomic E-state index is 12.5. The number of aromatic nitrogens is 2. The number of nitrogens with one attached hydrogen (secondary N) is 1. The lowest BCUT2D eigenvalue weighted by Crippen LogP contribution is -2.24. The predicted octanol–water partition coefficient (Wildman–Crippen LogP) is 3.34. The maximum absolute atomic E-state index is 12.5. The van der Waals surface area contributed by atoms with E-state index >= 15 is 0 Å². The van der Waals surface area contributed by atoms with Crippen LogP contribution in [0.2, 0.25) is 5.02 Å². The van der Waals surface area contributed by atoms with Crippen molar-refractivity contribution in [2.75, 3.05) is 14.2 Å². The van der Waals surface area contributed by atoms with E-state index in [0.29, 0.717) is 33.5 Å². The summed E-state index contributed by atoms with van der Waals surface area (Å²) in [6, 6.07) is 12.3. The molecule has 2 aromatic carbocycles. The molecule has 0 saturated carbocycles. The molecule has 0 aliphatic carbocycles. The molecule has 0 radical (unpaired) electrons. The van der Waals surface area contributed by atoms with E-state index in [1.807, 2.05) is 12.1 Å². The highest BCUT2D eigenvalue weighted by molar-refractivity contribution is 6.33. The molecule has 1 heterocycles. The first-order valence-corrected chi connectivity index (χ1v) is 8.08. The van der Waals surface area contributed by atoms with Gasteiger partial charge in [-0.3, -0.25) is 4.79 Å². The summed E-state index contributed by atoms with van der Waals surface area (Å²) in [6.07, 6.45) is 0. The third kappa shape index (κ3) is 3.62. The minimum absolute atomic E-state index is 0.0531. The minimum Gasteiger partial charge on any atom is -0.496 e. The Balaban J connectivity index is 1.75. The number of carbonyl (C=O) groups excluding carboxylic acids is 1. The standard InChI is InChI=1S/C18H16ClN3O4/c1-24-13-8-5-9-14(25-2)16(13)18(23)20-10-15-21-17(22-26-15)11-6-3-4-7-12(11)19/h3-9H,10H2,1-2H3,(H,20,23). The Bertz CT molecular complexity index is 904. The number of nitrogens with zero attached hydrogens (tertiary/aromatic N) is 2. The Morgan fingerprint density at radius 1 is 1.12 bits per heavy atom. The van der Waals surface area contributed by atoms with Crippen molar-refractivity contribution in [2.24, 2.45) is 0 Å². The van der Waals surface area contributed by atoms with E-state index in [-0.39, 0.29) is 18.3 Å². The van der Waals surface area contributed by atoms with Gasteiger partial charge in [-0.1, -0.05) is 35.0 Å². The van der Waals surface area contributed by atoms with Gasteiger partial charge in [0.1, 0.15) is 17.1 Å². The molecule has 0 unspecified atom stereocenters. The predicted molar refractivity (Wildman–Crippen MR) is 95.5 cm³/mol. The maximum Gasteiger partial charge on any atom is 0.259 e. The summed E-state index contributed by atoms with van der Waals surface area (Å²) in [5, 5.41) is 7.13.